The minimum atomic E-state index is -4.40. The lowest BCUT2D eigenvalue weighted by molar-refractivity contribution is -0.136. The van der Waals surface area contributed by atoms with Crippen LogP contribution in [0.25, 0.3) is 16.5 Å². The third-order valence-electron chi connectivity index (χ3n) is 9.96. The highest BCUT2D eigenvalue weighted by Crippen LogP contribution is 2.60. The molecule has 1 saturated heterocycles. The molecule has 3 aromatic rings. The average Bonchev–Trinajstić information content (AvgIpc) is 3.74. The van der Waals surface area contributed by atoms with Crippen molar-refractivity contribution in [3.8, 4) is 0 Å². The Kier molecular flexibility index (Phi) is 5.13. The lowest BCUT2D eigenvalue weighted by Gasteiger charge is -2.47. The van der Waals surface area contributed by atoms with E-state index in [0.29, 0.717) is 23.0 Å². The Labute approximate surface area is 226 Å². The van der Waals surface area contributed by atoms with E-state index in [2.05, 4.69) is 16.0 Å². The Morgan fingerprint density at radius 3 is 2.31 bits per heavy atom. The van der Waals surface area contributed by atoms with Gasteiger partial charge in [0.25, 0.3) is 0 Å². The van der Waals surface area contributed by atoms with E-state index in [0.717, 1.165) is 61.7 Å². The number of fused-ring (bicyclic) bond motifs is 1. The van der Waals surface area contributed by atoms with Gasteiger partial charge in [-0.05, 0) is 112 Å². The highest BCUT2D eigenvalue weighted by atomic mass is 19.4. The lowest BCUT2D eigenvalue weighted by Crippen LogP contribution is -2.42. The van der Waals surface area contributed by atoms with Crippen molar-refractivity contribution in [2.24, 2.45) is 17.3 Å². The van der Waals surface area contributed by atoms with E-state index in [4.69, 9.17) is 9.68 Å². The number of aryl methyl sites for hydroxylation is 1. The van der Waals surface area contributed by atoms with Gasteiger partial charge in [0.1, 0.15) is 5.76 Å². The highest BCUT2D eigenvalue weighted by molar-refractivity contribution is 5.86. The van der Waals surface area contributed by atoms with Crippen molar-refractivity contribution >= 4 is 22.2 Å². The third-order valence-corrected chi connectivity index (χ3v) is 9.96. The van der Waals surface area contributed by atoms with Crippen molar-refractivity contribution in [1.29, 1.82) is 0 Å². The summed E-state index contributed by atoms with van der Waals surface area (Å²) in [6.07, 6.45) is 8.96. The minimum Gasteiger partial charge on any atom is -0.371 e. The molecule has 3 saturated carbocycles. The minimum absolute atomic E-state index is 0.183. The number of aromatic nitrogens is 2. The largest absolute Gasteiger partial charge is 0.417 e. The summed E-state index contributed by atoms with van der Waals surface area (Å²) in [6, 6.07) is 6.51. The second-order valence-corrected chi connectivity index (χ2v) is 13.0. The number of alkyl halides is 3. The molecule has 4 aliphatic carbocycles. The number of anilines is 1. The van der Waals surface area contributed by atoms with E-state index in [-0.39, 0.29) is 10.8 Å². The number of pyridine rings is 1. The quantitative estimate of drug-likeness (QED) is 0.319. The van der Waals surface area contributed by atoms with Crippen LogP contribution >= 0.6 is 0 Å². The van der Waals surface area contributed by atoms with Crippen LogP contribution in [-0.2, 0) is 6.18 Å². The van der Waals surface area contributed by atoms with Gasteiger partial charge in [0.05, 0.1) is 16.8 Å². The normalized spacial score (nSPS) is 23.0. The summed E-state index contributed by atoms with van der Waals surface area (Å²) in [5.74, 6) is 3.88. The number of hydrogen-bond donors (Lipinski definition) is 0. The first-order chi connectivity index (χ1) is 18.8. The predicted octanol–water partition coefficient (Wildman–Crippen LogP) is 8.40. The topological polar surface area (TPSA) is 42.2 Å². The molecule has 0 bridgehead atoms. The summed E-state index contributed by atoms with van der Waals surface area (Å²) < 4.78 is 47.4. The van der Waals surface area contributed by atoms with Gasteiger partial charge in [0.15, 0.2) is 0 Å². The Balaban J connectivity index is 1.04. The van der Waals surface area contributed by atoms with Crippen LogP contribution in [0.15, 0.2) is 34.9 Å². The molecule has 39 heavy (non-hydrogen) atoms. The fraction of sp³-hybridized carbons (Fsp3) is 0.562. The number of rotatable bonds is 6. The molecule has 3 heterocycles. The zero-order valence-corrected chi connectivity index (χ0v) is 22.4. The van der Waals surface area contributed by atoms with Crippen LogP contribution in [-0.4, -0.2) is 23.2 Å². The number of hydrogen-bond acceptors (Lipinski definition) is 4. The Morgan fingerprint density at radius 1 is 1.00 bits per heavy atom. The third kappa shape index (κ3) is 4.18. The highest BCUT2D eigenvalue weighted by Gasteiger charge is 2.49. The molecule has 4 fully saturated rings. The van der Waals surface area contributed by atoms with Crippen molar-refractivity contribution in [3.05, 3.63) is 58.6 Å². The molecule has 0 radical (unpaired) electrons. The molecule has 1 aromatic carbocycles. The smallest absolute Gasteiger partial charge is 0.371 e. The second kappa shape index (κ2) is 8.34. The van der Waals surface area contributed by atoms with Crippen LogP contribution in [0.5, 0.6) is 0 Å². The second-order valence-electron chi connectivity index (χ2n) is 13.0. The maximum atomic E-state index is 13.8. The van der Waals surface area contributed by atoms with Gasteiger partial charge >= 0.3 is 6.18 Å². The van der Waals surface area contributed by atoms with Gasteiger partial charge in [-0.1, -0.05) is 11.2 Å². The fourth-order valence-corrected chi connectivity index (χ4v) is 7.42. The van der Waals surface area contributed by atoms with Crippen molar-refractivity contribution in [1.82, 2.24) is 10.1 Å². The standard InChI is InChI=1S/C32H34F3N3O/c1-18-14-25(32(33,34)35)24-15-23(8-9-26(24)36-18)38-12-10-31(11-13-38)16-22(17-31)28-29(37-39-30(28)21-6-7-21)27(19-2-3-19)20-4-5-20/h8-9,14-16,19-21,27H,2-7,10-13,17H2,1H3. The average molecular weight is 534 g/mol. The molecule has 2 aromatic heterocycles. The molecule has 1 spiro atoms. The summed E-state index contributed by atoms with van der Waals surface area (Å²) in [5, 5.41) is 4.92. The first-order valence-corrected chi connectivity index (χ1v) is 14.7. The number of halogens is 3. The lowest BCUT2D eigenvalue weighted by atomic mass is 9.63. The van der Waals surface area contributed by atoms with Gasteiger partial charge in [0.2, 0.25) is 0 Å². The summed E-state index contributed by atoms with van der Waals surface area (Å²) in [4.78, 5) is 6.59. The van der Waals surface area contributed by atoms with E-state index >= 15 is 0 Å². The molecule has 8 rings (SSSR count). The first-order valence-electron chi connectivity index (χ1n) is 14.7. The van der Waals surface area contributed by atoms with Gasteiger partial charge in [0, 0.05) is 47.3 Å². The SMILES string of the molecule is Cc1cc(C(F)(F)F)c2cc(N3CCC4(C=C(c5c(C(C6CC6)C6CC6)noc5C5CC5)C4)CC3)ccc2n1. The van der Waals surface area contributed by atoms with Crippen molar-refractivity contribution in [3.63, 3.8) is 0 Å². The van der Waals surface area contributed by atoms with Crippen molar-refractivity contribution in [2.45, 2.75) is 82.7 Å². The summed E-state index contributed by atoms with van der Waals surface area (Å²) in [7, 11) is 0. The Bertz CT molecular complexity index is 1470. The molecule has 0 unspecified atom stereocenters. The Hall–Kier alpha value is -2.83. The monoisotopic (exact) mass is 533 g/mol. The number of piperidine rings is 1. The van der Waals surface area contributed by atoms with Crippen LogP contribution in [0.2, 0.25) is 0 Å². The Morgan fingerprint density at radius 2 is 1.69 bits per heavy atom. The van der Waals surface area contributed by atoms with Gasteiger partial charge in [-0.15, -0.1) is 0 Å². The van der Waals surface area contributed by atoms with Crippen LogP contribution in [0, 0.1) is 24.2 Å². The maximum absolute atomic E-state index is 13.8. The van der Waals surface area contributed by atoms with Gasteiger partial charge < -0.3 is 9.42 Å². The van der Waals surface area contributed by atoms with Gasteiger partial charge in [-0.2, -0.15) is 13.2 Å². The van der Waals surface area contributed by atoms with E-state index in [9.17, 15) is 13.2 Å². The van der Waals surface area contributed by atoms with Crippen LogP contribution < -0.4 is 4.90 Å². The van der Waals surface area contributed by atoms with E-state index < -0.39 is 11.7 Å². The number of allylic oxidation sites excluding steroid dienone is 2. The molecule has 204 valence electrons. The molecule has 0 amide bonds. The summed E-state index contributed by atoms with van der Waals surface area (Å²) in [5.41, 5.74) is 5.30. The molecular weight excluding hydrogens is 499 g/mol. The molecule has 5 aliphatic rings. The maximum Gasteiger partial charge on any atom is 0.417 e. The van der Waals surface area contributed by atoms with E-state index in [1.807, 2.05) is 6.07 Å². The molecule has 7 heteroatoms. The first kappa shape index (κ1) is 24.0. The van der Waals surface area contributed by atoms with Gasteiger partial charge in [-0.3, -0.25) is 4.98 Å². The number of nitrogens with zero attached hydrogens (tertiary/aromatic N) is 3. The molecule has 0 N–H and O–H groups in total. The predicted molar refractivity (Wildman–Crippen MR) is 145 cm³/mol. The van der Waals surface area contributed by atoms with Gasteiger partial charge in [-0.25, -0.2) is 0 Å². The van der Waals surface area contributed by atoms with Crippen LogP contribution in [0.3, 0.4) is 0 Å². The zero-order valence-electron chi connectivity index (χ0n) is 22.4. The molecule has 1 aliphatic heterocycles. The van der Waals surface area contributed by atoms with Crippen LogP contribution in [0.4, 0.5) is 18.9 Å². The van der Waals surface area contributed by atoms with E-state index in [1.165, 1.54) is 55.4 Å². The fourth-order valence-electron chi connectivity index (χ4n) is 7.42. The molecule has 0 atom stereocenters. The molecule has 4 nitrogen and oxygen atoms in total. The van der Waals surface area contributed by atoms with Crippen molar-refractivity contribution < 1.29 is 17.7 Å². The molecular formula is C32H34F3N3O. The van der Waals surface area contributed by atoms with Crippen LogP contribution in [0.1, 0.15) is 97.9 Å². The van der Waals surface area contributed by atoms with E-state index in [1.54, 1.807) is 19.1 Å². The van der Waals surface area contributed by atoms with Crippen molar-refractivity contribution in [2.75, 3.05) is 18.0 Å². The number of benzene rings is 1. The summed E-state index contributed by atoms with van der Waals surface area (Å²) in [6.45, 7) is 3.30. The zero-order chi connectivity index (χ0) is 26.5. The summed E-state index contributed by atoms with van der Waals surface area (Å²) >= 11 is 0.